The van der Waals surface area contributed by atoms with E-state index in [2.05, 4.69) is 63.8 Å². The van der Waals surface area contributed by atoms with Crippen molar-refractivity contribution in [3.05, 3.63) is 34.3 Å². The van der Waals surface area contributed by atoms with Crippen LogP contribution in [-0.4, -0.2) is 48.6 Å². The first kappa shape index (κ1) is 16.0. The molecule has 20 heavy (non-hydrogen) atoms. The van der Waals surface area contributed by atoms with E-state index in [0.717, 1.165) is 24.1 Å². The highest BCUT2D eigenvalue weighted by Gasteiger charge is 2.28. The van der Waals surface area contributed by atoms with Crippen LogP contribution in [0, 0.1) is 0 Å². The standard InChI is InChI=1S/C16H26BrN3/c1-3-7-19-8-9-20(12-13(19)2)16(11-18)14-5-4-6-15(17)10-14/h4-6,10,13,16H,3,7-9,11-12,18H2,1-2H3. The van der Waals surface area contributed by atoms with Gasteiger partial charge in [0.05, 0.1) is 0 Å². The molecule has 0 saturated carbocycles. The minimum atomic E-state index is 0.332. The van der Waals surface area contributed by atoms with Crippen molar-refractivity contribution in [3.63, 3.8) is 0 Å². The summed E-state index contributed by atoms with van der Waals surface area (Å²) in [4.78, 5) is 5.13. The van der Waals surface area contributed by atoms with Crippen LogP contribution in [0.2, 0.25) is 0 Å². The molecule has 1 aliphatic heterocycles. The Morgan fingerprint density at radius 3 is 2.80 bits per heavy atom. The van der Waals surface area contributed by atoms with Gasteiger partial charge >= 0.3 is 0 Å². The van der Waals surface area contributed by atoms with E-state index in [1.54, 1.807) is 0 Å². The first-order chi connectivity index (χ1) is 9.65. The molecule has 3 nitrogen and oxygen atoms in total. The zero-order chi connectivity index (χ0) is 14.5. The molecule has 0 bridgehead atoms. The second-order valence-electron chi connectivity index (χ2n) is 5.69. The van der Waals surface area contributed by atoms with Crippen molar-refractivity contribution in [3.8, 4) is 0 Å². The second-order valence-corrected chi connectivity index (χ2v) is 6.60. The summed E-state index contributed by atoms with van der Waals surface area (Å²) >= 11 is 3.56. The largest absolute Gasteiger partial charge is 0.329 e. The number of hydrogen-bond acceptors (Lipinski definition) is 3. The quantitative estimate of drug-likeness (QED) is 0.895. The predicted molar refractivity (Wildman–Crippen MR) is 88.8 cm³/mol. The molecule has 0 aliphatic carbocycles. The van der Waals surface area contributed by atoms with Crippen molar-refractivity contribution < 1.29 is 0 Å². The van der Waals surface area contributed by atoms with Gasteiger partial charge in [-0.3, -0.25) is 9.80 Å². The Bertz CT molecular complexity index is 424. The van der Waals surface area contributed by atoms with Gasteiger partial charge in [-0.15, -0.1) is 0 Å². The van der Waals surface area contributed by atoms with E-state index in [-0.39, 0.29) is 0 Å². The Hall–Kier alpha value is -0.420. The molecule has 1 aromatic carbocycles. The summed E-state index contributed by atoms with van der Waals surface area (Å²) in [6.07, 6.45) is 1.23. The van der Waals surface area contributed by atoms with Gasteiger partial charge in [0.15, 0.2) is 0 Å². The van der Waals surface area contributed by atoms with Gasteiger partial charge in [-0.1, -0.05) is 35.0 Å². The van der Waals surface area contributed by atoms with Crippen molar-refractivity contribution in [2.24, 2.45) is 5.73 Å². The van der Waals surface area contributed by atoms with Crippen LogP contribution in [0.1, 0.15) is 31.9 Å². The normalized spacial score (nSPS) is 22.9. The molecule has 4 heteroatoms. The average Bonchev–Trinajstić information content (AvgIpc) is 2.43. The number of hydrogen-bond donors (Lipinski definition) is 1. The monoisotopic (exact) mass is 339 g/mol. The number of halogens is 1. The topological polar surface area (TPSA) is 32.5 Å². The second kappa shape index (κ2) is 7.55. The van der Waals surface area contributed by atoms with Crippen LogP contribution in [0.15, 0.2) is 28.7 Å². The van der Waals surface area contributed by atoms with Crippen LogP contribution in [0.5, 0.6) is 0 Å². The van der Waals surface area contributed by atoms with Crippen molar-refractivity contribution in [1.29, 1.82) is 0 Å². The molecule has 2 rings (SSSR count). The first-order valence-electron chi connectivity index (χ1n) is 7.59. The van der Waals surface area contributed by atoms with E-state index in [9.17, 15) is 0 Å². The molecule has 1 aromatic rings. The zero-order valence-electron chi connectivity index (χ0n) is 12.6. The van der Waals surface area contributed by atoms with Crippen molar-refractivity contribution in [2.45, 2.75) is 32.4 Å². The van der Waals surface area contributed by atoms with Crippen molar-refractivity contribution in [1.82, 2.24) is 9.80 Å². The summed E-state index contributed by atoms with van der Waals surface area (Å²) < 4.78 is 1.13. The SMILES string of the molecule is CCCN1CCN(C(CN)c2cccc(Br)c2)CC1C. The Kier molecular flexibility index (Phi) is 6.02. The van der Waals surface area contributed by atoms with Gasteiger partial charge in [0.2, 0.25) is 0 Å². The van der Waals surface area contributed by atoms with Crippen LogP contribution >= 0.6 is 15.9 Å². The maximum absolute atomic E-state index is 6.05. The van der Waals surface area contributed by atoms with Gasteiger partial charge < -0.3 is 5.73 Å². The van der Waals surface area contributed by atoms with Crippen LogP contribution in [-0.2, 0) is 0 Å². The smallest absolute Gasteiger partial charge is 0.0472 e. The van der Waals surface area contributed by atoms with E-state index >= 15 is 0 Å². The minimum absolute atomic E-state index is 0.332. The van der Waals surface area contributed by atoms with E-state index in [1.807, 2.05) is 0 Å². The molecule has 0 radical (unpaired) electrons. The molecule has 0 aromatic heterocycles. The Labute approximate surface area is 131 Å². The molecule has 0 amide bonds. The molecule has 1 aliphatic rings. The van der Waals surface area contributed by atoms with Gasteiger partial charge in [0.1, 0.15) is 0 Å². The third-order valence-corrected chi connectivity index (χ3v) is 4.70. The van der Waals surface area contributed by atoms with Crippen LogP contribution in [0.4, 0.5) is 0 Å². The molecular formula is C16H26BrN3. The number of rotatable bonds is 5. The van der Waals surface area contributed by atoms with Gasteiger partial charge in [0.25, 0.3) is 0 Å². The summed E-state index contributed by atoms with van der Waals surface area (Å²) in [5.74, 6) is 0. The van der Waals surface area contributed by atoms with Gasteiger partial charge in [-0.05, 0) is 37.6 Å². The van der Waals surface area contributed by atoms with E-state index in [4.69, 9.17) is 5.73 Å². The summed E-state index contributed by atoms with van der Waals surface area (Å²) in [7, 11) is 0. The molecule has 1 fully saturated rings. The number of benzene rings is 1. The van der Waals surface area contributed by atoms with E-state index in [0.29, 0.717) is 18.6 Å². The lowest BCUT2D eigenvalue weighted by Crippen LogP contribution is -2.53. The lowest BCUT2D eigenvalue weighted by atomic mass is 10.0. The Morgan fingerprint density at radius 2 is 2.20 bits per heavy atom. The molecule has 0 spiro atoms. The van der Waals surface area contributed by atoms with Crippen LogP contribution in [0.25, 0.3) is 0 Å². The highest BCUT2D eigenvalue weighted by molar-refractivity contribution is 9.10. The summed E-state index contributed by atoms with van der Waals surface area (Å²) in [5.41, 5.74) is 7.37. The molecule has 2 atom stereocenters. The summed E-state index contributed by atoms with van der Waals surface area (Å²) in [6, 6.07) is 9.49. The van der Waals surface area contributed by atoms with Crippen molar-refractivity contribution >= 4 is 15.9 Å². The third-order valence-electron chi connectivity index (χ3n) is 4.20. The lowest BCUT2D eigenvalue weighted by Gasteiger charge is -2.43. The lowest BCUT2D eigenvalue weighted by molar-refractivity contribution is 0.0572. The minimum Gasteiger partial charge on any atom is -0.329 e. The van der Waals surface area contributed by atoms with Crippen molar-refractivity contribution in [2.75, 3.05) is 32.7 Å². The Balaban J connectivity index is 2.06. The molecule has 2 N–H and O–H groups in total. The molecular weight excluding hydrogens is 314 g/mol. The fraction of sp³-hybridized carbons (Fsp3) is 0.625. The molecule has 1 saturated heterocycles. The fourth-order valence-corrected chi connectivity index (χ4v) is 3.55. The highest BCUT2D eigenvalue weighted by atomic mass is 79.9. The number of nitrogens with zero attached hydrogens (tertiary/aromatic N) is 2. The fourth-order valence-electron chi connectivity index (χ4n) is 3.14. The van der Waals surface area contributed by atoms with E-state index in [1.165, 1.54) is 18.5 Å². The first-order valence-corrected chi connectivity index (χ1v) is 8.38. The summed E-state index contributed by atoms with van der Waals surface area (Å²) in [5, 5.41) is 0. The molecule has 1 heterocycles. The highest BCUT2D eigenvalue weighted by Crippen LogP contribution is 2.25. The van der Waals surface area contributed by atoms with Gasteiger partial charge in [-0.2, -0.15) is 0 Å². The van der Waals surface area contributed by atoms with Gasteiger partial charge in [0, 0.05) is 42.7 Å². The van der Waals surface area contributed by atoms with Gasteiger partial charge in [-0.25, -0.2) is 0 Å². The number of nitrogens with two attached hydrogens (primary N) is 1. The maximum Gasteiger partial charge on any atom is 0.0472 e. The van der Waals surface area contributed by atoms with Crippen LogP contribution < -0.4 is 5.73 Å². The summed E-state index contributed by atoms with van der Waals surface area (Å²) in [6.45, 7) is 9.84. The average molecular weight is 340 g/mol. The Morgan fingerprint density at radius 1 is 1.40 bits per heavy atom. The van der Waals surface area contributed by atoms with Crippen LogP contribution in [0.3, 0.4) is 0 Å². The predicted octanol–water partition coefficient (Wildman–Crippen LogP) is 2.87. The maximum atomic E-state index is 6.05. The molecule has 2 unspecified atom stereocenters. The van der Waals surface area contributed by atoms with E-state index < -0.39 is 0 Å². The zero-order valence-corrected chi connectivity index (χ0v) is 14.1. The third kappa shape index (κ3) is 3.82. The molecule has 112 valence electrons. The number of piperazine rings is 1.